The predicted octanol–water partition coefficient (Wildman–Crippen LogP) is 2.67. The van der Waals surface area contributed by atoms with Crippen molar-refractivity contribution in [2.45, 2.75) is 19.8 Å². The highest BCUT2D eigenvalue weighted by atomic mass is 19.1. The van der Waals surface area contributed by atoms with Crippen molar-refractivity contribution in [2.24, 2.45) is 11.7 Å². The first-order valence-corrected chi connectivity index (χ1v) is 5.24. The average molecular weight is 229 g/mol. The van der Waals surface area contributed by atoms with E-state index in [9.17, 15) is 8.78 Å². The van der Waals surface area contributed by atoms with Crippen LogP contribution in [0.15, 0.2) is 12.1 Å². The van der Waals surface area contributed by atoms with E-state index < -0.39 is 11.6 Å². The van der Waals surface area contributed by atoms with Crippen molar-refractivity contribution >= 4 is 0 Å². The van der Waals surface area contributed by atoms with Crippen molar-refractivity contribution in [3.05, 3.63) is 29.3 Å². The molecule has 0 saturated heterocycles. The number of hydrogen-bond acceptors (Lipinski definition) is 2. The number of hydrogen-bond donors (Lipinski definition) is 1. The Balaban J connectivity index is 3.29. The quantitative estimate of drug-likeness (QED) is 0.861. The van der Waals surface area contributed by atoms with E-state index in [2.05, 4.69) is 0 Å². The summed E-state index contributed by atoms with van der Waals surface area (Å²) >= 11 is 0. The third kappa shape index (κ3) is 2.50. The van der Waals surface area contributed by atoms with Crippen LogP contribution in [0.2, 0.25) is 0 Å². The lowest BCUT2D eigenvalue weighted by atomic mass is 9.88. The Morgan fingerprint density at radius 3 is 2.38 bits per heavy atom. The lowest BCUT2D eigenvalue weighted by molar-refractivity contribution is 0.367. The zero-order chi connectivity index (χ0) is 12.3. The van der Waals surface area contributed by atoms with Gasteiger partial charge in [-0.25, -0.2) is 8.78 Å². The highest BCUT2D eigenvalue weighted by Crippen LogP contribution is 2.33. The first kappa shape index (κ1) is 12.9. The normalized spacial score (nSPS) is 12.9. The van der Waals surface area contributed by atoms with E-state index in [0.717, 1.165) is 6.07 Å². The van der Waals surface area contributed by atoms with Gasteiger partial charge in [0.15, 0.2) is 11.6 Å². The van der Waals surface area contributed by atoms with Gasteiger partial charge in [-0.1, -0.05) is 13.8 Å². The van der Waals surface area contributed by atoms with Crippen LogP contribution in [0.4, 0.5) is 8.78 Å². The smallest absolute Gasteiger partial charge is 0.168 e. The lowest BCUT2D eigenvalue weighted by Crippen LogP contribution is -2.19. The van der Waals surface area contributed by atoms with E-state index in [4.69, 9.17) is 10.5 Å². The Morgan fingerprint density at radius 2 is 1.94 bits per heavy atom. The molecule has 1 unspecified atom stereocenters. The Hall–Kier alpha value is -1.16. The summed E-state index contributed by atoms with van der Waals surface area (Å²) in [5, 5.41) is 0. The lowest BCUT2D eigenvalue weighted by Gasteiger charge is -2.22. The molecule has 0 spiro atoms. The van der Waals surface area contributed by atoms with Gasteiger partial charge in [0.2, 0.25) is 0 Å². The van der Waals surface area contributed by atoms with E-state index in [0.29, 0.717) is 12.1 Å². The molecule has 1 aromatic carbocycles. The van der Waals surface area contributed by atoms with Gasteiger partial charge >= 0.3 is 0 Å². The van der Waals surface area contributed by atoms with Gasteiger partial charge in [0.1, 0.15) is 5.82 Å². The molecule has 1 aromatic rings. The molecule has 1 rings (SSSR count). The maximum atomic E-state index is 13.5. The van der Waals surface area contributed by atoms with Gasteiger partial charge in [-0.3, -0.25) is 0 Å². The van der Waals surface area contributed by atoms with Crippen LogP contribution < -0.4 is 10.5 Å². The molecule has 90 valence electrons. The van der Waals surface area contributed by atoms with Crippen molar-refractivity contribution in [2.75, 3.05) is 13.7 Å². The fourth-order valence-corrected chi connectivity index (χ4v) is 1.83. The van der Waals surface area contributed by atoms with E-state index in [1.54, 1.807) is 0 Å². The van der Waals surface area contributed by atoms with Crippen LogP contribution in [0.3, 0.4) is 0 Å². The SMILES string of the molecule is COc1c(F)cc(F)cc1C(CN)C(C)C. The molecule has 16 heavy (non-hydrogen) atoms. The van der Waals surface area contributed by atoms with Gasteiger partial charge in [0, 0.05) is 17.5 Å². The molecule has 0 bridgehead atoms. The molecule has 0 fully saturated rings. The van der Waals surface area contributed by atoms with Crippen LogP contribution >= 0.6 is 0 Å². The van der Waals surface area contributed by atoms with Gasteiger partial charge in [0.05, 0.1) is 7.11 Å². The minimum atomic E-state index is -0.684. The standard InChI is InChI=1S/C12H17F2NO/c1-7(2)10(6-15)9-4-8(13)5-11(14)12(9)16-3/h4-5,7,10H,6,15H2,1-3H3. The van der Waals surface area contributed by atoms with Crippen LogP contribution in [0, 0.1) is 17.6 Å². The summed E-state index contributed by atoms with van der Waals surface area (Å²) in [6.45, 7) is 4.25. The van der Waals surface area contributed by atoms with Gasteiger partial charge < -0.3 is 10.5 Å². The molecule has 0 saturated carbocycles. The van der Waals surface area contributed by atoms with Crippen molar-refractivity contribution in [3.63, 3.8) is 0 Å². The Bertz CT molecular complexity index is 366. The highest BCUT2D eigenvalue weighted by Gasteiger charge is 2.21. The first-order valence-electron chi connectivity index (χ1n) is 5.24. The minimum Gasteiger partial charge on any atom is -0.493 e. The Labute approximate surface area is 94.4 Å². The number of halogens is 2. The van der Waals surface area contributed by atoms with Crippen molar-refractivity contribution < 1.29 is 13.5 Å². The molecule has 2 nitrogen and oxygen atoms in total. The van der Waals surface area contributed by atoms with Crippen molar-refractivity contribution in [1.82, 2.24) is 0 Å². The highest BCUT2D eigenvalue weighted by molar-refractivity contribution is 5.38. The van der Waals surface area contributed by atoms with Crippen LogP contribution in [0.1, 0.15) is 25.3 Å². The molecule has 0 heterocycles. The summed E-state index contributed by atoms with van der Waals surface area (Å²) in [6, 6.07) is 2.11. The summed E-state index contributed by atoms with van der Waals surface area (Å²) in [4.78, 5) is 0. The maximum Gasteiger partial charge on any atom is 0.168 e. The molecule has 0 aliphatic carbocycles. The second-order valence-electron chi connectivity index (χ2n) is 4.10. The van der Waals surface area contributed by atoms with Crippen molar-refractivity contribution in [3.8, 4) is 5.75 Å². The number of rotatable bonds is 4. The number of benzene rings is 1. The van der Waals surface area contributed by atoms with E-state index in [1.807, 2.05) is 13.8 Å². The summed E-state index contributed by atoms with van der Waals surface area (Å²) in [7, 11) is 1.37. The summed E-state index contributed by atoms with van der Waals surface area (Å²) in [5.41, 5.74) is 6.13. The number of nitrogens with two attached hydrogens (primary N) is 1. The zero-order valence-electron chi connectivity index (χ0n) is 9.76. The van der Waals surface area contributed by atoms with E-state index in [1.165, 1.54) is 13.2 Å². The molecule has 2 N–H and O–H groups in total. The third-order valence-corrected chi connectivity index (χ3v) is 2.70. The van der Waals surface area contributed by atoms with Crippen LogP contribution in [-0.2, 0) is 0 Å². The zero-order valence-corrected chi connectivity index (χ0v) is 9.76. The maximum absolute atomic E-state index is 13.5. The topological polar surface area (TPSA) is 35.2 Å². The first-order chi connectivity index (χ1) is 7.51. The molecule has 0 aliphatic heterocycles. The van der Waals surface area contributed by atoms with Crippen molar-refractivity contribution in [1.29, 1.82) is 0 Å². The second kappa shape index (κ2) is 5.25. The number of methoxy groups -OCH3 is 1. The summed E-state index contributed by atoms with van der Waals surface area (Å²) in [5.74, 6) is -1.12. The Kier molecular flexibility index (Phi) is 4.24. The second-order valence-corrected chi connectivity index (χ2v) is 4.10. The predicted molar refractivity (Wildman–Crippen MR) is 59.5 cm³/mol. The molecule has 1 atom stereocenters. The Morgan fingerprint density at radius 1 is 1.31 bits per heavy atom. The van der Waals surface area contributed by atoms with Crippen LogP contribution in [0.25, 0.3) is 0 Å². The molecule has 0 aromatic heterocycles. The number of ether oxygens (including phenoxy) is 1. The minimum absolute atomic E-state index is 0.0885. The van der Waals surface area contributed by atoms with Crippen LogP contribution in [-0.4, -0.2) is 13.7 Å². The fraction of sp³-hybridized carbons (Fsp3) is 0.500. The van der Waals surface area contributed by atoms with Gasteiger partial charge in [0.25, 0.3) is 0 Å². The molecule has 0 aliphatic rings. The largest absolute Gasteiger partial charge is 0.493 e. The van der Waals surface area contributed by atoms with Crippen LogP contribution in [0.5, 0.6) is 5.75 Å². The molecular weight excluding hydrogens is 212 g/mol. The van der Waals surface area contributed by atoms with Gasteiger partial charge in [-0.2, -0.15) is 0 Å². The monoisotopic (exact) mass is 229 g/mol. The average Bonchev–Trinajstić information content (AvgIpc) is 2.17. The molecule has 4 heteroatoms. The van der Waals surface area contributed by atoms with Gasteiger partial charge in [-0.15, -0.1) is 0 Å². The molecule has 0 radical (unpaired) electrons. The fourth-order valence-electron chi connectivity index (χ4n) is 1.83. The molecule has 0 amide bonds. The summed E-state index contributed by atoms with van der Waals surface area (Å²) < 4.78 is 31.6. The summed E-state index contributed by atoms with van der Waals surface area (Å²) in [6.07, 6.45) is 0. The third-order valence-electron chi connectivity index (χ3n) is 2.70. The van der Waals surface area contributed by atoms with E-state index >= 15 is 0 Å². The van der Waals surface area contributed by atoms with Gasteiger partial charge in [-0.05, 0) is 18.5 Å². The molecular formula is C12H17F2NO. The van der Waals surface area contributed by atoms with E-state index in [-0.39, 0.29) is 17.6 Å².